The van der Waals surface area contributed by atoms with E-state index in [9.17, 15) is 24.3 Å². The standard InChI is InChI=1S/C21H35N3O7/c1-14(30-15(2)26)16(17(27)23-10-6-7-11-23)22-18(28)21(13-25)9-8-12-24(21)19(29)31-20(3,4)5/h14,16,25H,6-13H2,1-5H3,(H,22,28)/t14-,16+,21?/m1/s1. The minimum atomic E-state index is -1.55. The zero-order valence-electron chi connectivity index (χ0n) is 19.1. The number of carbonyl (C=O) groups excluding carboxylic acids is 4. The molecule has 2 aliphatic rings. The van der Waals surface area contributed by atoms with E-state index in [1.807, 2.05) is 0 Å². The van der Waals surface area contributed by atoms with Crippen LogP contribution in [0.4, 0.5) is 4.79 Å². The molecule has 2 fully saturated rings. The summed E-state index contributed by atoms with van der Waals surface area (Å²) in [5, 5.41) is 12.8. The van der Waals surface area contributed by atoms with Gasteiger partial charge in [0.05, 0.1) is 6.61 Å². The zero-order chi connectivity index (χ0) is 23.4. The third-order valence-corrected chi connectivity index (χ3v) is 5.58. The molecule has 2 saturated heterocycles. The third-order valence-electron chi connectivity index (χ3n) is 5.58. The van der Waals surface area contributed by atoms with Gasteiger partial charge in [0, 0.05) is 26.6 Å². The van der Waals surface area contributed by atoms with Crippen molar-refractivity contribution in [1.29, 1.82) is 0 Å². The maximum atomic E-state index is 13.4. The van der Waals surface area contributed by atoms with Gasteiger partial charge in [0.15, 0.2) is 0 Å². The molecule has 0 radical (unpaired) electrons. The van der Waals surface area contributed by atoms with E-state index in [4.69, 9.17) is 9.47 Å². The molecule has 3 amide bonds. The molecular weight excluding hydrogens is 406 g/mol. The number of hydrogen-bond donors (Lipinski definition) is 2. The first-order chi connectivity index (χ1) is 14.4. The van der Waals surface area contributed by atoms with Gasteiger partial charge in [-0.3, -0.25) is 19.3 Å². The predicted octanol–water partition coefficient (Wildman–Crippen LogP) is 0.807. The zero-order valence-corrected chi connectivity index (χ0v) is 19.1. The molecule has 0 aromatic rings. The summed E-state index contributed by atoms with van der Waals surface area (Å²) in [5.41, 5.74) is -2.32. The van der Waals surface area contributed by atoms with Crippen LogP contribution < -0.4 is 5.32 Å². The first kappa shape index (κ1) is 24.9. The van der Waals surface area contributed by atoms with Crippen molar-refractivity contribution in [3.63, 3.8) is 0 Å². The number of nitrogens with zero attached hydrogens (tertiary/aromatic N) is 2. The fourth-order valence-electron chi connectivity index (χ4n) is 4.05. The van der Waals surface area contributed by atoms with Gasteiger partial charge in [-0.15, -0.1) is 0 Å². The van der Waals surface area contributed by atoms with Crippen molar-refractivity contribution in [3.8, 4) is 0 Å². The van der Waals surface area contributed by atoms with Gasteiger partial charge in [0.2, 0.25) is 11.8 Å². The maximum Gasteiger partial charge on any atom is 0.411 e. The number of nitrogens with one attached hydrogen (secondary N) is 1. The van der Waals surface area contributed by atoms with E-state index < -0.39 is 47.9 Å². The van der Waals surface area contributed by atoms with Crippen LogP contribution in [-0.2, 0) is 23.9 Å². The van der Waals surface area contributed by atoms with E-state index in [1.165, 1.54) is 18.7 Å². The molecule has 3 atom stereocenters. The fraction of sp³-hybridized carbons (Fsp3) is 0.810. The molecule has 10 nitrogen and oxygen atoms in total. The van der Waals surface area contributed by atoms with Crippen molar-refractivity contribution in [1.82, 2.24) is 15.1 Å². The number of aliphatic hydroxyl groups excluding tert-OH is 1. The molecule has 0 aromatic carbocycles. The quantitative estimate of drug-likeness (QED) is 0.584. The second kappa shape index (κ2) is 9.84. The Morgan fingerprint density at radius 3 is 2.23 bits per heavy atom. The summed E-state index contributed by atoms with van der Waals surface area (Å²) >= 11 is 0. The second-order valence-electron chi connectivity index (χ2n) is 9.22. The van der Waals surface area contributed by atoms with Gasteiger partial charge in [0.1, 0.15) is 23.3 Å². The number of amides is 3. The van der Waals surface area contributed by atoms with Crippen molar-refractivity contribution in [2.45, 2.75) is 83.6 Å². The maximum absolute atomic E-state index is 13.4. The topological polar surface area (TPSA) is 125 Å². The molecule has 0 bridgehead atoms. The van der Waals surface area contributed by atoms with Crippen LogP contribution in [0.5, 0.6) is 0 Å². The van der Waals surface area contributed by atoms with Gasteiger partial charge in [-0.05, 0) is 53.4 Å². The van der Waals surface area contributed by atoms with Gasteiger partial charge in [-0.1, -0.05) is 0 Å². The van der Waals surface area contributed by atoms with Crippen LogP contribution in [0.25, 0.3) is 0 Å². The Morgan fingerprint density at radius 1 is 1.10 bits per heavy atom. The van der Waals surface area contributed by atoms with Gasteiger partial charge in [-0.25, -0.2) is 4.79 Å². The number of carbonyl (C=O) groups is 4. The summed E-state index contributed by atoms with van der Waals surface area (Å²) in [6.07, 6.45) is 0.827. The van der Waals surface area contributed by atoms with Crippen LogP contribution in [0, 0.1) is 0 Å². The number of aliphatic hydroxyl groups is 1. The Balaban J connectivity index is 2.26. The minimum absolute atomic E-state index is 0.223. The van der Waals surface area contributed by atoms with Crippen molar-refractivity contribution in [2.24, 2.45) is 0 Å². The van der Waals surface area contributed by atoms with E-state index in [2.05, 4.69) is 5.32 Å². The SMILES string of the molecule is CC(=O)O[C@H](C)[C@H](NC(=O)C1(CO)CCCN1C(=O)OC(C)(C)C)C(=O)N1CCCC1. The highest BCUT2D eigenvalue weighted by molar-refractivity contribution is 5.95. The molecule has 0 aliphatic carbocycles. The number of hydrogen-bond acceptors (Lipinski definition) is 7. The lowest BCUT2D eigenvalue weighted by Crippen LogP contribution is -2.64. The average molecular weight is 442 g/mol. The minimum Gasteiger partial charge on any atom is -0.460 e. The van der Waals surface area contributed by atoms with E-state index in [1.54, 1.807) is 25.7 Å². The van der Waals surface area contributed by atoms with Gasteiger partial charge < -0.3 is 24.8 Å². The summed E-state index contributed by atoms with van der Waals surface area (Å²) in [6, 6.07) is -1.13. The molecule has 2 N–H and O–H groups in total. The number of ether oxygens (including phenoxy) is 2. The molecule has 0 spiro atoms. The molecule has 1 unspecified atom stereocenters. The van der Waals surface area contributed by atoms with Gasteiger partial charge >= 0.3 is 12.1 Å². The Bertz CT molecular complexity index is 700. The average Bonchev–Trinajstić information content (AvgIpc) is 3.33. The van der Waals surface area contributed by atoms with E-state index in [0.29, 0.717) is 19.5 Å². The fourth-order valence-corrected chi connectivity index (χ4v) is 4.05. The Kier molecular flexibility index (Phi) is 7.91. The molecule has 176 valence electrons. The first-order valence-corrected chi connectivity index (χ1v) is 10.8. The summed E-state index contributed by atoms with van der Waals surface area (Å²) in [6.45, 7) is 8.66. The molecule has 0 saturated carbocycles. The number of esters is 1. The molecule has 2 heterocycles. The monoisotopic (exact) mass is 441 g/mol. The van der Waals surface area contributed by atoms with Crippen LogP contribution >= 0.6 is 0 Å². The third kappa shape index (κ3) is 5.87. The van der Waals surface area contributed by atoms with Crippen LogP contribution in [-0.4, -0.2) is 88.3 Å². The van der Waals surface area contributed by atoms with E-state index >= 15 is 0 Å². The van der Waals surface area contributed by atoms with Crippen molar-refractivity contribution in [2.75, 3.05) is 26.2 Å². The largest absolute Gasteiger partial charge is 0.460 e. The smallest absolute Gasteiger partial charge is 0.411 e. The molecule has 0 aromatic heterocycles. The highest BCUT2D eigenvalue weighted by Crippen LogP contribution is 2.31. The van der Waals surface area contributed by atoms with E-state index in [-0.39, 0.29) is 18.9 Å². The summed E-state index contributed by atoms with van der Waals surface area (Å²) in [4.78, 5) is 53.5. The summed E-state index contributed by atoms with van der Waals surface area (Å²) in [7, 11) is 0. The highest BCUT2D eigenvalue weighted by Gasteiger charge is 2.52. The first-order valence-electron chi connectivity index (χ1n) is 10.8. The van der Waals surface area contributed by atoms with Crippen LogP contribution in [0.2, 0.25) is 0 Å². The number of rotatable bonds is 6. The van der Waals surface area contributed by atoms with Crippen LogP contribution in [0.3, 0.4) is 0 Å². The lowest BCUT2D eigenvalue weighted by molar-refractivity contribution is -0.153. The molecule has 2 aliphatic heterocycles. The van der Waals surface area contributed by atoms with Crippen molar-refractivity contribution >= 4 is 23.9 Å². The lowest BCUT2D eigenvalue weighted by Gasteiger charge is -2.38. The highest BCUT2D eigenvalue weighted by atomic mass is 16.6. The Labute approximate surface area is 183 Å². The van der Waals surface area contributed by atoms with Crippen LogP contribution in [0.1, 0.15) is 60.3 Å². The van der Waals surface area contributed by atoms with Crippen molar-refractivity contribution < 1.29 is 33.8 Å². The Morgan fingerprint density at radius 2 is 1.71 bits per heavy atom. The molecular formula is C21H35N3O7. The van der Waals surface area contributed by atoms with Gasteiger partial charge in [-0.2, -0.15) is 0 Å². The van der Waals surface area contributed by atoms with E-state index in [0.717, 1.165) is 12.8 Å². The molecule has 10 heteroatoms. The summed E-state index contributed by atoms with van der Waals surface area (Å²) < 4.78 is 10.6. The number of likely N-dealkylation sites (tertiary alicyclic amines) is 2. The van der Waals surface area contributed by atoms with Gasteiger partial charge in [0.25, 0.3) is 0 Å². The van der Waals surface area contributed by atoms with Crippen molar-refractivity contribution in [3.05, 3.63) is 0 Å². The molecule has 2 rings (SSSR count). The Hall–Kier alpha value is -2.36. The molecule has 31 heavy (non-hydrogen) atoms. The normalized spacial score (nSPS) is 23.3. The lowest BCUT2D eigenvalue weighted by atomic mass is 9.95. The van der Waals surface area contributed by atoms with Crippen LogP contribution in [0.15, 0.2) is 0 Å². The second-order valence-corrected chi connectivity index (χ2v) is 9.22. The predicted molar refractivity (Wildman–Crippen MR) is 111 cm³/mol. The summed E-state index contributed by atoms with van der Waals surface area (Å²) in [5.74, 6) is -1.60.